The maximum atomic E-state index is 13.4. The number of hydrogen-bond acceptors (Lipinski definition) is 7. The van der Waals surface area contributed by atoms with E-state index in [4.69, 9.17) is 21.9 Å². The number of ether oxygens (including phenoxy) is 1. The van der Waals surface area contributed by atoms with Gasteiger partial charge in [-0.25, -0.2) is 4.98 Å². The number of rotatable bonds is 2. The second-order valence-electron chi connectivity index (χ2n) is 7.44. The van der Waals surface area contributed by atoms with Gasteiger partial charge in [0.1, 0.15) is 15.8 Å². The first kappa shape index (κ1) is 20.1. The van der Waals surface area contributed by atoms with Crippen LogP contribution in [0.4, 0.5) is 5.82 Å². The van der Waals surface area contributed by atoms with E-state index >= 15 is 0 Å². The Morgan fingerprint density at radius 2 is 1.97 bits per heavy atom. The Hall–Kier alpha value is -2.23. The molecule has 2 aromatic rings. The number of aryl methyl sites for hydroxylation is 1. The fraction of sp³-hybridized carbons (Fsp3) is 0.400. The van der Waals surface area contributed by atoms with Crippen LogP contribution in [0.3, 0.4) is 0 Å². The molecule has 0 aliphatic carbocycles. The summed E-state index contributed by atoms with van der Waals surface area (Å²) in [5, 5.41) is 0. The first-order valence-electron chi connectivity index (χ1n) is 9.40. The van der Waals surface area contributed by atoms with Crippen LogP contribution in [0.15, 0.2) is 28.0 Å². The second kappa shape index (κ2) is 7.55. The minimum absolute atomic E-state index is 0.0116. The monoisotopic (exact) mass is 430 g/mol. The highest BCUT2D eigenvalue weighted by Crippen LogP contribution is 2.33. The van der Waals surface area contributed by atoms with Crippen LogP contribution < -0.4 is 10.5 Å². The quantitative estimate of drug-likeness (QED) is 0.536. The molecule has 2 unspecified atom stereocenters. The van der Waals surface area contributed by atoms with Crippen LogP contribution in [-0.2, 0) is 9.53 Å². The van der Waals surface area contributed by atoms with Crippen molar-refractivity contribution in [1.29, 1.82) is 0 Å². The van der Waals surface area contributed by atoms with Crippen molar-refractivity contribution < 1.29 is 9.53 Å². The molecule has 1 amide bonds. The van der Waals surface area contributed by atoms with Crippen molar-refractivity contribution in [2.75, 3.05) is 25.0 Å². The third-order valence-electron chi connectivity index (χ3n) is 5.05. The van der Waals surface area contributed by atoms with Crippen molar-refractivity contribution in [3.05, 3.63) is 44.7 Å². The first-order chi connectivity index (χ1) is 13.8. The van der Waals surface area contributed by atoms with Gasteiger partial charge in [-0.2, -0.15) is 0 Å². The fourth-order valence-corrected chi connectivity index (χ4v) is 4.86. The molecular formula is C20H22N4O3S2. The van der Waals surface area contributed by atoms with E-state index < -0.39 is 0 Å². The van der Waals surface area contributed by atoms with E-state index in [9.17, 15) is 9.59 Å². The standard InChI is InChI=1S/C20H22N4O3S2/c1-11-6-5-7-24-16(11)21-17(23-9-12(2)27-13(3)10-23)14(18(24)25)8-15-19(26)22(4)20(28)29-15/h5-8,12-13H,9-10H2,1-4H3. The molecule has 0 aromatic carbocycles. The molecule has 2 aliphatic heterocycles. The molecular weight excluding hydrogens is 408 g/mol. The lowest BCUT2D eigenvalue weighted by Gasteiger charge is -2.36. The molecule has 2 aliphatic rings. The molecule has 2 saturated heterocycles. The predicted molar refractivity (Wildman–Crippen MR) is 119 cm³/mol. The van der Waals surface area contributed by atoms with E-state index in [0.29, 0.717) is 39.3 Å². The predicted octanol–water partition coefficient (Wildman–Crippen LogP) is 2.45. The summed E-state index contributed by atoms with van der Waals surface area (Å²) in [4.78, 5) is 34.7. The van der Waals surface area contributed by atoms with E-state index in [1.54, 1.807) is 19.3 Å². The van der Waals surface area contributed by atoms with Crippen LogP contribution in [0, 0.1) is 6.92 Å². The lowest BCUT2D eigenvalue weighted by molar-refractivity contribution is -0.121. The van der Waals surface area contributed by atoms with Gasteiger partial charge >= 0.3 is 0 Å². The zero-order valence-electron chi connectivity index (χ0n) is 16.7. The molecule has 7 nitrogen and oxygen atoms in total. The smallest absolute Gasteiger partial charge is 0.267 e. The summed E-state index contributed by atoms with van der Waals surface area (Å²) in [5.74, 6) is 0.371. The molecule has 0 radical (unpaired) electrons. The number of nitrogens with zero attached hydrogens (tertiary/aromatic N) is 4. The zero-order valence-corrected chi connectivity index (χ0v) is 18.3. The van der Waals surface area contributed by atoms with Gasteiger partial charge < -0.3 is 9.64 Å². The molecule has 2 fully saturated rings. The van der Waals surface area contributed by atoms with Crippen molar-refractivity contribution in [3.8, 4) is 0 Å². The first-order valence-corrected chi connectivity index (χ1v) is 10.6. The number of carbonyl (C=O) groups is 1. The summed E-state index contributed by atoms with van der Waals surface area (Å²) in [7, 11) is 1.64. The highest BCUT2D eigenvalue weighted by Gasteiger charge is 2.31. The lowest BCUT2D eigenvalue weighted by Crippen LogP contribution is -2.46. The summed E-state index contributed by atoms with van der Waals surface area (Å²) >= 11 is 6.43. The van der Waals surface area contributed by atoms with Crippen LogP contribution in [0.5, 0.6) is 0 Å². The summed E-state index contributed by atoms with van der Waals surface area (Å²) in [6.45, 7) is 7.17. The second-order valence-corrected chi connectivity index (χ2v) is 9.12. The molecule has 4 rings (SSSR count). The lowest BCUT2D eigenvalue weighted by atomic mass is 10.1. The van der Waals surface area contributed by atoms with Crippen LogP contribution in [-0.4, -0.2) is 56.9 Å². The Bertz CT molecular complexity index is 1100. The van der Waals surface area contributed by atoms with E-state index in [1.165, 1.54) is 21.1 Å². The van der Waals surface area contributed by atoms with Gasteiger partial charge in [-0.05, 0) is 38.5 Å². The SMILES string of the molecule is Cc1cccn2c(=O)c(C=C3SC(=S)N(C)C3=O)c(N3CC(C)OC(C)C3)nc12. The third kappa shape index (κ3) is 3.58. The number of thioether (sulfide) groups is 1. The molecule has 4 heterocycles. The van der Waals surface area contributed by atoms with Gasteiger partial charge in [0.05, 0.1) is 22.7 Å². The molecule has 2 aromatic heterocycles. The van der Waals surface area contributed by atoms with Crippen LogP contribution in [0.25, 0.3) is 11.7 Å². The van der Waals surface area contributed by atoms with Crippen molar-refractivity contribution in [2.24, 2.45) is 0 Å². The van der Waals surface area contributed by atoms with Gasteiger partial charge in [0.15, 0.2) is 0 Å². The van der Waals surface area contributed by atoms with Gasteiger partial charge in [0.2, 0.25) is 0 Å². The highest BCUT2D eigenvalue weighted by molar-refractivity contribution is 8.26. The maximum Gasteiger partial charge on any atom is 0.267 e. The summed E-state index contributed by atoms with van der Waals surface area (Å²) < 4.78 is 7.85. The van der Waals surface area contributed by atoms with Crippen LogP contribution in [0.2, 0.25) is 0 Å². The normalized spacial score (nSPS) is 24.2. The van der Waals surface area contributed by atoms with Crippen LogP contribution >= 0.6 is 24.0 Å². The zero-order chi connectivity index (χ0) is 20.9. The number of hydrogen-bond donors (Lipinski definition) is 0. The van der Waals surface area contributed by atoms with E-state index in [1.807, 2.05) is 32.9 Å². The number of thiocarbonyl (C=S) groups is 1. The number of anilines is 1. The van der Waals surface area contributed by atoms with Crippen molar-refractivity contribution in [1.82, 2.24) is 14.3 Å². The number of pyridine rings is 1. The molecule has 29 heavy (non-hydrogen) atoms. The summed E-state index contributed by atoms with van der Waals surface area (Å²) in [5.41, 5.74) is 1.70. The van der Waals surface area contributed by atoms with E-state index in [2.05, 4.69) is 4.90 Å². The molecule has 0 saturated carbocycles. The van der Waals surface area contributed by atoms with E-state index in [-0.39, 0.29) is 23.7 Å². The van der Waals surface area contributed by atoms with Gasteiger partial charge in [-0.1, -0.05) is 30.0 Å². The maximum absolute atomic E-state index is 13.4. The number of carbonyl (C=O) groups excluding carboxylic acids is 1. The van der Waals surface area contributed by atoms with Crippen molar-refractivity contribution in [2.45, 2.75) is 33.0 Å². The van der Waals surface area contributed by atoms with E-state index in [0.717, 1.165) is 5.56 Å². The number of aromatic nitrogens is 2. The molecule has 0 bridgehead atoms. The molecule has 152 valence electrons. The number of fused-ring (bicyclic) bond motifs is 1. The molecule has 9 heteroatoms. The minimum Gasteiger partial charge on any atom is -0.372 e. The molecule has 0 N–H and O–H groups in total. The summed E-state index contributed by atoms with van der Waals surface area (Å²) in [6.07, 6.45) is 3.36. The van der Waals surface area contributed by atoms with Crippen LogP contribution in [0.1, 0.15) is 25.0 Å². The average Bonchev–Trinajstić information content (AvgIpc) is 2.90. The van der Waals surface area contributed by atoms with Gasteiger partial charge in [-0.3, -0.25) is 18.9 Å². The topological polar surface area (TPSA) is 67.2 Å². The Labute approximate surface area is 178 Å². The average molecular weight is 431 g/mol. The fourth-order valence-electron chi connectivity index (χ4n) is 3.70. The Kier molecular flexibility index (Phi) is 5.22. The Balaban J connectivity index is 1.94. The summed E-state index contributed by atoms with van der Waals surface area (Å²) in [6, 6.07) is 3.75. The third-order valence-corrected chi connectivity index (χ3v) is 6.53. The highest BCUT2D eigenvalue weighted by atomic mass is 32.2. The molecule has 0 spiro atoms. The minimum atomic E-state index is -0.207. The molecule has 2 atom stereocenters. The number of likely N-dealkylation sites (N-methyl/N-ethyl adjacent to an activating group) is 1. The van der Waals surface area contributed by atoms with Gasteiger partial charge in [0.25, 0.3) is 11.5 Å². The van der Waals surface area contributed by atoms with Crippen molar-refractivity contribution in [3.63, 3.8) is 0 Å². The number of morpholine rings is 1. The van der Waals surface area contributed by atoms with Crippen molar-refractivity contribution >= 4 is 51.7 Å². The van der Waals surface area contributed by atoms with Gasteiger partial charge in [0, 0.05) is 26.3 Å². The van der Waals surface area contributed by atoms with Gasteiger partial charge in [-0.15, -0.1) is 0 Å². The Morgan fingerprint density at radius 3 is 2.59 bits per heavy atom. The largest absolute Gasteiger partial charge is 0.372 e. The number of amides is 1. The Morgan fingerprint density at radius 1 is 1.28 bits per heavy atom.